The molecule has 3 aliphatic carbocycles. The summed E-state index contributed by atoms with van der Waals surface area (Å²) in [6, 6.07) is 13.7. The Kier molecular flexibility index (Phi) is 5.15. The smallest absolute Gasteiger partial charge is 0.271 e. The molecule has 1 atom stereocenters. The maximum absolute atomic E-state index is 12.7. The minimum Gasteiger partial charge on any atom is -0.337 e. The van der Waals surface area contributed by atoms with Gasteiger partial charge in [0.15, 0.2) is 0 Å². The van der Waals surface area contributed by atoms with Gasteiger partial charge in [0.05, 0.1) is 0 Å². The van der Waals surface area contributed by atoms with Crippen molar-refractivity contribution in [2.75, 3.05) is 13.1 Å². The molecule has 2 fully saturated rings. The maximum atomic E-state index is 12.7. The molecule has 35 heavy (non-hydrogen) atoms. The number of nitrogens with one attached hydrogen (secondary N) is 1. The fourth-order valence-corrected chi connectivity index (χ4v) is 7.07. The third-order valence-electron chi connectivity index (χ3n) is 9.23. The molecular formula is C31H33N3O. The van der Waals surface area contributed by atoms with Crippen LogP contribution in [0.2, 0.25) is 0 Å². The highest BCUT2D eigenvalue weighted by atomic mass is 16.2. The van der Waals surface area contributed by atoms with Crippen molar-refractivity contribution in [3.8, 4) is 0 Å². The average molecular weight is 464 g/mol. The van der Waals surface area contributed by atoms with E-state index in [1.54, 1.807) is 23.4 Å². The Balaban J connectivity index is 1.16. The second kappa shape index (κ2) is 8.51. The zero-order valence-electron chi connectivity index (χ0n) is 20.3. The Hall–Kier alpha value is -3.14. The normalized spacial score (nSPS) is 22.7. The molecule has 0 radical (unpaired) electrons. The van der Waals surface area contributed by atoms with Crippen molar-refractivity contribution >= 4 is 22.3 Å². The number of nitrogens with zero attached hydrogens (tertiary/aromatic N) is 2. The number of hydrogen-bond acceptors (Lipinski definition) is 2. The molecule has 3 aromatic rings. The quantitative estimate of drug-likeness (QED) is 0.472. The van der Waals surface area contributed by atoms with Crippen molar-refractivity contribution in [2.45, 2.75) is 57.3 Å². The van der Waals surface area contributed by atoms with Gasteiger partial charge < -0.3 is 4.90 Å². The molecule has 1 aliphatic heterocycles. The number of fused-ring (bicyclic) bond motifs is 4. The first-order valence-corrected chi connectivity index (χ1v) is 13.5. The van der Waals surface area contributed by atoms with E-state index in [-0.39, 0.29) is 5.91 Å². The number of carbonyl (C=O) groups excluding carboxylic acids is 1. The summed E-state index contributed by atoms with van der Waals surface area (Å²) in [5.74, 6) is 2.22. The van der Waals surface area contributed by atoms with E-state index < -0.39 is 0 Å². The van der Waals surface area contributed by atoms with Crippen LogP contribution in [0.5, 0.6) is 0 Å². The van der Waals surface area contributed by atoms with E-state index in [4.69, 9.17) is 0 Å². The fourth-order valence-electron chi connectivity index (χ4n) is 7.07. The number of likely N-dealkylation sites (tertiary alicyclic amines) is 1. The number of H-pyrrole nitrogens is 1. The number of hydrogen-bond donors (Lipinski definition) is 1. The monoisotopic (exact) mass is 463 g/mol. The largest absolute Gasteiger partial charge is 0.337 e. The lowest BCUT2D eigenvalue weighted by Gasteiger charge is -2.41. The van der Waals surface area contributed by atoms with Gasteiger partial charge in [-0.3, -0.25) is 9.89 Å². The van der Waals surface area contributed by atoms with Gasteiger partial charge in [0, 0.05) is 19.3 Å². The molecular weight excluding hydrogens is 430 g/mol. The second-order valence-electron chi connectivity index (χ2n) is 11.0. The topological polar surface area (TPSA) is 49.0 Å². The van der Waals surface area contributed by atoms with Crippen molar-refractivity contribution in [3.05, 3.63) is 82.7 Å². The third kappa shape index (κ3) is 3.57. The second-order valence-corrected chi connectivity index (χ2v) is 11.0. The van der Waals surface area contributed by atoms with Crippen LogP contribution in [-0.4, -0.2) is 34.1 Å². The Bertz CT molecular complexity index is 1340. The summed E-state index contributed by atoms with van der Waals surface area (Å²) >= 11 is 0. The zero-order chi connectivity index (χ0) is 23.4. The third-order valence-corrected chi connectivity index (χ3v) is 9.23. The SMILES string of the molecule is O=C(c1ccn[nH]1)N1CCC(c2ccc3c4c(ccc3c2)C2=C(CCC=C2)C(C2CCC2)C4)CC1. The Morgan fingerprint density at radius 1 is 1.03 bits per heavy atom. The van der Waals surface area contributed by atoms with E-state index in [0.717, 1.165) is 37.8 Å². The van der Waals surface area contributed by atoms with E-state index in [2.05, 4.69) is 52.7 Å². The molecule has 2 aromatic carbocycles. The lowest BCUT2D eigenvalue weighted by atomic mass is 9.64. The summed E-state index contributed by atoms with van der Waals surface area (Å²) in [5.41, 5.74) is 8.36. The predicted molar refractivity (Wildman–Crippen MR) is 140 cm³/mol. The molecule has 4 heteroatoms. The Morgan fingerprint density at radius 3 is 2.69 bits per heavy atom. The summed E-state index contributed by atoms with van der Waals surface area (Å²) in [6.07, 6.45) is 16.4. The number of piperidine rings is 1. The van der Waals surface area contributed by atoms with E-state index >= 15 is 0 Å². The van der Waals surface area contributed by atoms with Crippen LogP contribution < -0.4 is 0 Å². The zero-order valence-corrected chi connectivity index (χ0v) is 20.3. The summed E-state index contributed by atoms with van der Waals surface area (Å²) < 4.78 is 0. The van der Waals surface area contributed by atoms with Crippen LogP contribution >= 0.6 is 0 Å². The molecule has 1 unspecified atom stereocenters. The van der Waals surface area contributed by atoms with Gasteiger partial charge in [0.1, 0.15) is 5.69 Å². The molecule has 4 aliphatic rings. The molecule has 1 aromatic heterocycles. The van der Waals surface area contributed by atoms with E-state index in [9.17, 15) is 4.79 Å². The summed E-state index contributed by atoms with van der Waals surface area (Å²) in [5, 5.41) is 9.57. The minimum absolute atomic E-state index is 0.0672. The number of rotatable bonds is 3. The molecule has 1 N–H and O–H groups in total. The van der Waals surface area contributed by atoms with Gasteiger partial charge in [-0.05, 0) is 102 Å². The molecule has 2 heterocycles. The highest BCUT2D eigenvalue weighted by Gasteiger charge is 2.36. The maximum Gasteiger partial charge on any atom is 0.271 e. The highest BCUT2D eigenvalue weighted by molar-refractivity contribution is 5.94. The number of amides is 1. The van der Waals surface area contributed by atoms with Gasteiger partial charge in [-0.1, -0.05) is 54.5 Å². The van der Waals surface area contributed by atoms with Crippen LogP contribution in [0, 0.1) is 11.8 Å². The van der Waals surface area contributed by atoms with Crippen molar-refractivity contribution in [1.82, 2.24) is 15.1 Å². The standard InChI is InChI=1S/C31H33N3O/c35-31(30-12-15-32-33-30)34-16-13-20(14-17-34)22-8-10-24-23(18-22)9-11-27-25-6-1-2-7-26(25)28(19-29(24)27)21-4-3-5-21/h1,6,8-12,15,18,20-21,28H,2-5,7,13-14,16-17,19H2,(H,32,33). The molecule has 1 amide bonds. The van der Waals surface area contributed by atoms with Gasteiger partial charge >= 0.3 is 0 Å². The summed E-state index contributed by atoms with van der Waals surface area (Å²) in [4.78, 5) is 14.6. The molecule has 0 bridgehead atoms. The molecule has 1 saturated heterocycles. The van der Waals surface area contributed by atoms with Crippen LogP contribution in [0.3, 0.4) is 0 Å². The van der Waals surface area contributed by atoms with Gasteiger partial charge in [0.2, 0.25) is 0 Å². The lowest BCUT2D eigenvalue weighted by Crippen LogP contribution is -2.38. The molecule has 0 spiro atoms. The number of carbonyl (C=O) groups is 1. The number of aromatic amines is 1. The first-order chi connectivity index (χ1) is 17.3. The van der Waals surface area contributed by atoms with Gasteiger partial charge in [-0.25, -0.2) is 0 Å². The van der Waals surface area contributed by atoms with E-state index in [1.165, 1.54) is 66.0 Å². The van der Waals surface area contributed by atoms with Crippen LogP contribution in [-0.2, 0) is 6.42 Å². The van der Waals surface area contributed by atoms with Gasteiger partial charge in [-0.15, -0.1) is 0 Å². The first kappa shape index (κ1) is 21.2. The first-order valence-electron chi connectivity index (χ1n) is 13.5. The number of benzene rings is 2. The predicted octanol–water partition coefficient (Wildman–Crippen LogP) is 6.66. The van der Waals surface area contributed by atoms with Crippen LogP contribution in [0.25, 0.3) is 16.3 Å². The minimum atomic E-state index is 0.0672. The molecule has 1 saturated carbocycles. The molecule has 7 rings (SSSR count). The fraction of sp³-hybridized carbons (Fsp3) is 0.419. The lowest BCUT2D eigenvalue weighted by molar-refractivity contribution is 0.0707. The van der Waals surface area contributed by atoms with E-state index in [0.29, 0.717) is 11.6 Å². The Morgan fingerprint density at radius 2 is 1.91 bits per heavy atom. The van der Waals surface area contributed by atoms with Crippen molar-refractivity contribution in [2.24, 2.45) is 11.8 Å². The highest BCUT2D eigenvalue weighted by Crippen LogP contribution is 2.49. The summed E-state index contributed by atoms with van der Waals surface area (Å²) in [7, 11) is 0. The van der Waals surface area contributed by atoms with Crippen molar-refractivity contribution < 1.29 is 4.79 Å². The van der Waals surface area contributed by atoms with Gasteiger partial charge in [0.25, 0.3) is 5.91 Å². The van der Waals surface area contributed by atoms with Crippen LogP contribution in [0.4, 0.5) is 0 Å². The van der Waals surface area contributed by atoms with Crippen molar-refractivity contribution in [3.63, 3.8) is 0 Å². The van der Waals surface area contributed by atoms with Crippen molar-refractivity contribution in [1.29, 1.82) is 0 Å². The van der Waals surface area contributed by atoms with Gasteiger partial charge in [-0.2, -0.15) is 5.10 Å². The molecule has 178 valence electrons. The van der Waals surface area contributed by atoms with E-state index in [1.807, 2.05) is 4.90 Å². The number of aromatic nitrogens is 2. The van der Waals surface area contributed by atoms with Crippen LogP contribution in [0.1, 0.15) is 78.0 Å². The number of allylic oxidation sites excluding steroid dienone is 4. The van der Waals surface area contributed by atoms with Crippen LogP contribution in [0.15, 0.2) is 60.3 Å². The Labute approximate surface area is 207 Å². The average Bonchev–Trinajstić information content (AvgIpc) is 3.42. The summed E-state index contributed by atoms with van der Waals surface area (Å²) in [6.45, 7) is 1.61. The molecule has 4 nitrogen and oxygen atoms in total.